The average Bonchev–Trinajstić information content (AvgIpc) is 2.25. The van der Waals surface area contributed by atoms with E-state index in [1.807, 2.05) is 0 Å². The molecule has 15 heavy (non-hydrogen) atoms. The molecule has 0 saturated heterocycles. The Labute approximate surface area is 90.8 Å². The van der Waals surface area contributed by atoms with Crippen molar-refractivity contribution < 1.29 is 10.2 Å². The first-order chi connectivity index (χ1) is 7.22. The maximum Gasteiger partial charge on any atom is 0.115 e. The van der Waals surface area contributed by atoms with Crippen LogP contribution in [0.1, 0.15) is 26.2 Å². The van der Waals surface area contributed by atoms with Crippen LogP contribution in [0.4, 0.5) is 5.69 Å². The first-order valence-corrected chi connectivity index (χ1v) is 5.43. The highest BCUT2D eigenvalue weighted by Crippen LogP contribution is 2.13. The number of benzene rings is 1. The molecule has 0 aliphatic rings. The van der Waals surface area contributed by atoms with Crippen LogP contribution < -0.4 is 5.32 Å². The third kappa shape index (κ3) is 4.70. The highest BCUT2D eigenvalue weighted by atomic mass is 16.3. The Hall–Kier alpha value is -1.22. The van der Waals surface area contributed by atoms with Crippen molar-refractivity contribution in [2.45, 2.75) is 32.3 Å². The number of nitrogens with one attached hydrogen (secondary N) is 1. The lowest BCUT2D eigenvalue weighted by Crippen LogP contribution is -2.19. The molecule has 84 valence electrons. The average molecular weight is 209 g/mol. The van der Waals surface area contributed by atoms with Gasteiger partial charge in [0.2, 0.25) is 0 Å². The molecule has 0 aromatic heterocycles. The molecule has 3 N–H and O–H groups in total. The summed E-state index contributed by atoms with van der Waals surface area (Å²) >= 11 is 0. The Morgan fingerprint density at radius 1 is 1.27 bits per heavy atom. The number of aliphatic hydroxyl groups excluding tert-OH is 1. The molecule has 0 saturated carbocycles. The number of hydrogen-bond donors (Lipinski definition) is 3. The third-order valence-electron chi connectivity index (χ3n) is 2.30. The number of phenols is 1. The topological polar surface area (TPSA) is 52.5 Å². The lowest BCUT2D eigenvalue weighted by molar-refractivity contribution is 0.174. The van der Waals surface area contributed by atoms with Gasteiger partial charge in [0.1, 0.15) is 5.75 Å². The van der Waals surface area contributed by atoms with E-state index in [-0.39, 0.29) is 11.9 Å². The second kappa shape index (κ2) is 6.30. The summed E-state index contributed by atoms with van der Waals surface area (Å²) < 4.78 is 0. The molecule has 1 unspecified atom stereocenters. The van der Waals surface area contributed by atoms with Crippen molar-refractivity contribution in [3.8, 4) is 5.75 Å². The zero-order valence-corrected chi connectivity index (χ0v) is 9.11. The van der Waals surface area contributed by atoms with E-state index < -0.39 is 0 Å². The summed E-state index contributed by atoms with van der Waals surface area (Å²) in [5.41, 5.74) is 0.920. The Kier molecular flexibility index (Phi) is 4.98. The van der Waals surface area contributed by atoms with E-state index in [9.17, 15) is 5.11 Å². The number of anilines is 1. The largest absolute Gasteiger partial charge is 0.508 e. The molecule has 0 aliphatic carbocycles. The fraction of sp³-hybridized carbons (Fsp3) is 0.500. The fourth-order valence-electron chi connectivity index (χ4n) is 1.36. The molecule has 1 aromatic rings. The van der Waals surface area contributed by atoms with Gasteiger partial charge >= 0.3 is 0 Å². The quantitative estimate of drug-likeness (QED) is 0.630. The maximum atomic E-state index is 9.58. The number of unbranched alkanes of at least 4 members (excludes halogenated alkanes) is 1. The molecule has 0 heterocycles. The summed E-state index contributed by atoms with van der Waals surface area (Å²) in [6.45, 7) is 2.67. The number of phenolic OH excluding ortho intramolecular Hbond substituents is 1. The van der Waals surface area contributed by atoms with Crippen molar-refractivity contribution in [3.05, 3.63) is 24.3 Å². The van der Waals surface area contributed by atoms with E-state index in [4.69, 9.17) is 5.11 Å². The second-order valence-electron chi connectivity index (χ2n) is 3.72. The van der Waals surface area contributed by atoms with Gasteiger partial charge in [-0.05, 0) is 30.7 Å². The van der Waals surface area contributed by atoms with Crippen LogP contribution in [0.25, 0.3) is 0 Å². The van der Waals surface area contributed by atoms with Crippen LogP contribution in [0.5, 0.6) is 5.75 Å². The van der Waals surface area contributed by atoms with Gasteiger partial charge in [-0.25, -0.2) is 0 Å². The number of aromatic hydroxyl groups is 1. The fourth-order valence-corrected chi connectivity index (χ4v) is 1.36. The molecule has 0 aliphatic heterocycles. The van der Waals surface area contributed by atoms with E-state index in [1.54, 1.807) is 24.3 Å². The summed E-state index contributed by atoms with van der Waals surface area (Å²) in [6.07, 6.45) is 2.70. The number of aliphatic hydroxyl groups is 1. The van der Waals surface area contributed by atoms with Crippen LogP contribution in [-0.4, -0.2) is 22.9 Å². The molecule has 0 amide bonds. The second-order valence-corrected chi connectivity index (χ2v) is 3.72. The summed E-state index contributed by atoms with van der Waals surface area (Å²) in [6, 6.07) is 6.84. The van der Waals surface area contributed by atoms with Crippen LogP contribution in [0, 0.1) is 0 Å². The lowest BCUT2D eigenvalue weighted by Gasteiger charge is -2.12. The van der Waals surface area contributed by atoms with E-state index >= 15 is 0 Å². The zero-order valence-electron chi connectivity index (χ0n) is 9.11. The molecule has 3 heteroatoms. The molecular formula is C12H19NO2. The van der Waals surface area contributed by atoms with Gasteiger partial charge in [0.25, 0.3) is 0 Å². The maximum absolute atomic E-state index is 9.58. The minimum atomic E-state index is -0.293. The SMILES string of the molecule is CCCCC(O)CNc1ccc(O)cc1. The minimum absolute atomic E-state index is 0.257. The van der Waals surface area contributed by atoms with Gasteiger partial charge in [0.15, 0.2) is 0 Å². The predicted molar refractivity (Wildman–Crippen MR) is 62.1 cm³/mol. The van der Waals surface area contributed by atoms with Crippen LogP contribution >= 0.6 is 0 Å². The van der Waals surface area contributed by atoms with Crippen LogP contribution in [0.15, 0.2) is 24.3 Å². The number of hydrogen-bond acceptors (Lipinski definition) is 3. The zero-order chi connectivity index (χ0) is 11.1. The molecule has 1 atom stereocenters. The molecule has 1 rings (SSSR count). The van der Waals surface area contributed by atoms with Crippen LogP contribution in [0.2, 0.25) is 0 Å². The van der Waals surface area contributed by atoms with Crippen molar-refractivity contribution >= 4 is 5.69 Å². The number of rotatable bonds is 6. The molecular weight excluding hydrogens is 190 g/mol. The first-order valence-electron chi connectivity index (χ1n) is 5.43. The highest BCUT2D eigenvalue weighted by molar-refractivity contribution is 5.45. The Bertz CT molecular complexity index is 271. The highest BCUT2D eigenvalue weighted by Gasteiger charge is 2.02. The lowest BCUT2D eigenvalue weighted by atomic mass is 10.1. The third-order valence-corrected chi connectivity index (χ3v) is 2.30. The van der Waals surface area contributed by atoms with Crippen molar-refractivity contribution in [1.82, 2.24) is 0 Å². The van der Waals surface area contributed by atoms with E-state index in [0.717, 1.165) is 24.9 Å². The molecule has 3 nitrogen and oxygen atoms in total. The van der Waals surface area contributed by atoms with Gasteiger partial charge in [0.05, 0.1) is 6.10 Å². The van der Waals surface area contributed by atoms with Gasteiger partial charge < -0.3 is 15.5 Å². The molecule has 0 spiro atoms. The Morgan fingerprint density at radius 3 is 2.53 bits per heavy atom. The normalized spacial score (nSPS) is 12.4. The van der Waals surface area contributed by atoms with Gasteiger partial charge in [-0.2, -0.15) is 0 Å². The molecule has 0 bridgehead atoms. The van der Waals surface area contributed by atoms with E-state index in [0.29, 0.717) is 6.54 Å². The summed E-state index contributed by atoms with van der Waals surface area (Å²) in [5, 5.41) is 21.8. The van der Waals surface area contributed by atoms with Crippen molar-refractivity contribution in [1.29, 1.82) is 0 Å². The molecule has 0 fully saturated rings. The Balaban J connectivity index is 2.27. The summed E-state index contributed by atoms with van der Waals surface area (Å²) in [7, 11) is 0. The van der Waals surface area contributed by atoms with Crippen molar-refractivity contribution in [3.63, 3.8) is 0 Å². The van der Waals surface area contributed by atoms with E-state index in [1.165, 1.54) is 0 Å². The first kappa shape index (κ1) is 11.9. The molecule has 1 aromatic carbocycles. The van der Waals surface area contributed by atoms with Gasteiger partial charge in [0, 0.05) is 12.2 Å². The standard InChI is InChI=1S/C12H19NO2/c1-2-3-4-12(15)9-13-10-5-7-11(14)8-6-10/h5-8,12-15H,2-4,9H2,1H3. The van der Waals surface area contributed by atoms with Crippen LogP contribution in [-0.2, 0) is 0 Å². The van der Waals surface area contributed by atoms with Gasteiger partial charge in [-0.3, -0.25) is 0 Å². The van der Waals surface area contributed by atoms with Gasteiger partial charge in [-0.1, -0.05) is 19.8 Å². The minimum Gasteiger partial charge on any atom is -0.508 e. The molecule has 0 radical (unpaired) electrons. The Morgan fingerprint density at radius 2 is 1.93 bits per heavy atom. The monoisotopic (exact) mass is 209 g/mol. The van der Waals surface area contributed by atoms with E-state index in [2.05, 4.69) is 12.2 Å². The smallest absolute Gasteiger partial charge is 0.115 e. The van der Waals surface area contributed by atoms with Crippen molar-refractivity contribution in [2.75, 3.05) is 11.9 Å². The summed E-state index contributed by atoms with van der Waals surface area (Å²) in [4.78, 5) is 0. The van der Waals surface area contributed by atoms with Crippen molar-refractivity contribution in [2.24, 2.45) is 0 Å². The van der Waals surface area contributed by atoms with Gasteiger partial charge in [-0.15, -0.1) is 0 Å². The predicted octanol–water partition coefficient (Wildman–Crippen LogP) is 2.36. The summed E-state index contributed by atoms with van der Waals surface area (Å²) in [5.74, 6) is 0.257. The van der Waals surface area contributed by atoms with Crippen LogP contribution in [0.3, 0.4) is 0 Å².